The quantitative estimate of drug-likeness (QED) is 0.800. The van der Waals surface area contributed by atoms with Crippen LogP contribution in [0, 0.1) is 0 Å². The molecule has 4 rings (SSSR count). The first kappa shape index (κ1) is 15.2. The summed E-state index contributed by atoms with van der Waals surface area (Å²) in [6, 6.07) is 8.13. The van der Waals surface area contributed by atoms with E-state index in [1.807, 2.05) is 22.9 Å². The van der Waals surface area contributed by atoms with Gasteiger partial charge in [0.2, 0.25) is 0 Å². The smallest absolute Gasteiger partial charge is 0.398 e. The van der Waals surface area contributed by atoms with E-state index < -0.39 is 7.12 Å². The van der Waals surface area contributed by atoms with Gasteiger partial charge in [-0.05, 0) is 46.6 Å². The second-order valence-corrected chi connectivity index (χ2v) is 7.40. The van der Waals surface area contributed by atoms with E-state index in [0.717, 1.165) is 35.9 Å². The van der Waals surface area contributed by atoms with Crippen molar-refractivity contribution in [3.63, 3.8) is 0 Å². The molecule has 0 radical (unpaired) electrons. The predicted octanol–water partition coefficient (Wildman–Crippen LogP) is 2.64. The van der Waals surface area contributed by atoms with E-state index in [9.17, 15) is 0 Å². The minimum Gasteiger partial charge on any atom is -0.398 e. The molecule has 0 amide bonds. The second-order valence-electron chi connectivity index (χ2n) is 7.40. The summed E-state index contributed by atoms with van der Waals surface area (Å²) in [5.41, 5.74) is 1.17. The van der Waals surface area contributed by atoms with Gasteiger partial charge in [-0.1, -0.05) is 18.2 Å². The van der Waals surface area contributed by atoms with Gasteiger partial charge in [0, 0.05) is 12.0 Å². The van der Waals surface area contributed by atoms with Crippen LogP contribution in [-0.4, -0.2) is 34.7 Å². The largest absolute Gasteiger partial charge is 0.514 e. The highest BCUT2D eigenvalue weighted by molar-refractivity contribution is 6.64. The number of hydrogen-bond acceptors (Lipinski definition) is 4. The van der Waals surface area contributed by atoms with Gasteiger partial charge in [0.05, 0.1) is 22.3 Å². The zero-order chi connectivity index (χ0) is 16.2. The van der Waals surface area contributed by atoms with Crippen molar-refractivity contribution in [1.82, 2.24) is 9.78 Å². The fourth-order valence-corrected chi connectivity index (χ4v) is 3.23. The Morgan fingerprint density at radius 2 is 1.83 bits per heavy atom. The molecular formula is C17H23BN2O3. The Morgan fingerprint density at radius 1 is 1.13 bits per heavy atom. The van der Waals surface area contributed by atoms with Gasteiger partial charge in [0.25, 0.3) is 0 Å². The van der Waals surface area contributed by atoms with Crippen LogP contribution in [0.5, 0.6) is 0 Å². The predicted molar refractivity (Wildman–Crippen MR) is 89.7 cm³/mol. The maximum Gasteiger partial charge on any atom is 0.514 e. The molecule has 2 aromatic rings. The average molecular weight is 314 g/mol. The van der Waals surface area contributed by atoms with Crippen LogP contribution in [0.2, 0.25) is 0 Å². The monoisotopic (exact) mass is 314 g/mol. The van der Waals surface area contributed by atoms with E-state index in [4.69, 9.17) is 19.1 Å². The van der Waals surface area contributed by atoms with E-state index in [0.29, 0.717) is 0 Å². The Hall–Kier alpha value is -1.37. The lowest BCUT2D eigenvalue weighted by Gasteiger charge is -2.32. The van der Waals surface area contributed by atoms with Gasteiger partial charge in [-0.15, -0.1) is 0 Å². The van der Waals surface area contributed by atoms with E-state index >= 15 is 0 Å². The highest BCUT2D eigenvalue weighted by Gasteiger charge is 2.53. The summed E-state index contributed by atoms with van der Waals surface area (Å²) in [5, 5.41) is 5.84. The SMILES string of the molecule is CC1(C)OB(c2c3ccccc3nn2C2CCCO2)OC1(C)C. The third kappa shape index (κ3) is 2.32. The van der Waals surface area contributed by atoms with Gasteiger partial charge >= 0.3 is 7.12 Å². The molecule has 1 atom stereocenters. The number of nitrogens with zero attached hydrogens (tertiary/aromatic N) is 2. The molecule has 0 aliphatic carbocycles. The first-order chi connectivity index (χ1) is 10.9. The number of hydrogen-bond donors (Lipinski definition) is 0. The molecule has 2 aliphatic rings. The Balaban J connectivity index is 1.84. The zero-order valence-corrected chi connectivity index (χ0v) is 14.2. The van der Waals surface area contributed by atoms with Crippen molar-refractivity contribution in [2.24, 2.45) is 0 Å². The number of fused-ring (bicyclic) bond motifs is 1. The van der Waals surface area contributed by atoms with Gasteiger partial charge in [-0.25, -0.2) is 4.68 Å². The van der Waals surface area contributed by atoms with Crippen LogP contribution < -0.4 is 5.59 Å². The lowest BCUT2D eigenvalue weighted by Crippen LogP contribution is -2.41. The van der Waals surface area contributed by atoms with Crippen molar-refractivity contribution >= 4 is 23.6 Å². The van der Waals surface area contributed by atoms with Gasteiger partial charge in [0.15, 0.2) is 0 Å². The number of benzene rings is 1. The molecule has 0 saturated carbocycles. The average Bonchev–Trinajstić information content (AvgIpc) is 3.16. The van der Waals surface area contributed by atoms with E-state index in [1.165, 1.54) is 0 Å². The van der Waals surface area contributed by atoms with Crippen LogP contribution in [0.1, 0.15) is 46.8 Å². The van der Waals surface area contributed by atoms with Gasteiger partial charge in [0.1, 0.15) is 6.23 Å². The molecule has 1 aromatic carbocycles. The Morgan fingerprint density at radius 3 is 2.48 bits per heavy atom. The minimum absolute atomic E-state index is 0.0311. The van der Waals surface area contributed by atoms with E-state index in [1.54, 1.807) is 0 Å². The van der Waals surface area contributed by atoms with Crippen LogP contribution >= 0.6 is 0 Å². The fourth-order valence-electron chi connectivity index (χ4n) is 3.23. The normalized spacial score (nSPS) is 26.3. The molecule has 1 unspecified atom stereocenters. The first-order valence-corrected chi connectivity index (χ1v) is 8.33. The molecule has 3 heterocycles. The minimum atomic E-state index is -0.434. The second kappa shape index (κ2) is 5.06. The van der Waals surface area contributed by atoms with E-state index in [-0.39, 0.29) is 17.4 Å². The Kier molecular flexibility index (Phi) is 3.34. The molecule has 23 heavy (non-hydrogen) atoms. The number of rotatable bonds is 2. The summed E-state index contributed by atoms with van der Waals surface area (Å²) >= 11 is 0. The van der Waals surface area contributed by atoms with E-state index in [2.05, 4.69) is 33.8 Å². The zero-order valence-electron chi connectivity index (χ0n) is 14.2. The number of ether oxygens (including phenoxy) is 1. The van der Waals surface area contributed by atoms with Crippen molar-refractivity contribution in [1.29, 1.82) is 0 Å². The molecule has 6 heteroatoms. The molecule has 0 spiro atoms. The highest BCUT2D eigenvalue weighted by Crippen LogP contribution is 2.37. The molecule has 2 aliphatic heterocycles. The molecule has 0 N–H and O–H groups in total. The van der Waals surface area contributed by atoms with Crippen molar-refractivity contribution in [2.75, 3.05) is 6.61 Å². The standard InChI is InChI=1S/C17H23BN2O3/c1-16(2)17(3,4)23-18(22-16)15-12-8-5-6-9-13(12)19-20(15)14-10-7-11-21-14/h5-6,8-9,14H,7,10-11H2,1-4H3. The van der Waals surface area contributed by atoms with Crippen LogP contribution in [0.3, 0.4) is 0 Å². The van der Waals surface area contributed by atoms with Crippen molar-refractivity contribution in [3.05, 3.63) is 24.3 Å². The molecule has 1 aromatic heterocycles. The van der Waals surface area contributed by atoms with Crippen LogP contribution in [0.4, 0.5) is 0 Å². The summed E-state index contributed by atoms with van der Waals surface area (Å²) in [7, 11) is -0.434. The van der Waals surface area contributed by atoms with Crippen LogP contribution in [0.15, 0.2) is 24.3 Å². The summed E-state index contributed by atoms with van der Waals surface area (Å²) < 4.78 is 20.4. The Bertz CT molecular complexity index is 719. The van der Waals surface area contributed by atoms with Crippen molar-refractivity contribution < 1.29 is 14.0 Å². The van der Waals surface area contributed by atoms with Gasteiger partial charge < -0.3 is 14.0 Å². The number of aromatic nitrogens is 2. The topological polar surface area (TPSA) is 45.5 Å². The third-order valence-electron chi connectivity index (χ3n) is 5.30. The summed E-state index contributed by atoms with van der Waals surface area (Å²) in [4.78, 5) is 0. The molecule has 5 nitrogen and oxygen atoms in total. The van der Waals surface area contributed by atoms with Crippen molar-refractivity contribution in [2.45, 2.75) is 58.0 Å². The molecule has 2 saturated heterocycles. The highest BCUT2D eigenvalue weighted by atomic mass is 16.7. The van der Waals surface area contributed by atoms with Gasteiger partial charge in [-0.3, -0.25) is 0 Å². The molecule has 2 fully saturated rings. The Labute approximate surface area is 137 Å². The lowest BCUT2D eigenvalue weighted by atomic mass is 9.82. The summed E-state index contributed by atoms with van der Waals surface area (Å²) in [6.45, 7) is 9.07. The molecular weight excluding hydrogens is 291 g/mol. The van der Waals surface area contributed by atoms with Crippen LogP contribution in [-0.2, 0) is 14.0 Å². The molecule has 0 bridgehead atoms. The fraction of sp³-hybridized carbons (Fsp3) is 0.588. The van der Waals surface area contributed by atoms with Crippen molar-refractivity contribution in [3.8, 4) is 0 Å². The molecule has 122 valence electrons. The maximum absolute atomic E-state index is 6.28. The summed E-state index contributed by atoms with van der Waals surface area (Å²) in [6.07, 6.45) is 2.00. The third-order valence-corrected chi connectivity index (χ3v) is 5.30. The lowest BCUT2D eigenvalue weighted by molar-refractivity contribution is 0.00578. The maximum atomic E-state index is 6.28. The first-order valence-electron chi connectivity index (χ1n) is 8.33. The summed E-state index contributed by atoms with van der Waals surface area (Å²) in [5.74, 6) is 0. The van der Waals surface area contributed by atoms with Gasteiger partial charge in [-0.2, -0.15) is 5.10 Å². The van der Waals surface area contributed by atoms with Crippen LogP contribution in [0.25, 0.3) is 10.9 Å².